The summed E-state index contributed by atoms with van der Waals surface area (Å²) in [5.41, 5.74) is 1.89. The first-order valence-corrected chi connectivity index (χ1v) is 9.75. The Labute approximate surface area is 143 Å². The van der Waals surface area contributed by atoms with Gasteiger partial charge in [0.1, 0.15) is 5.82 Å². The lowest BCUT2D eigenvalue weighted by Gasteiger charge is -2.26. The maximum Gasteiger partial charge on any atom is 0.227 e. The Morgan fingerprint density at radius 1 is 1.12 bits per heavy atom. The van der Waals surface area contributed by atoms with Crippen molar-refractivity contribution < 1.29 is 8.42 Å². The first-order valence-electron chi connectivity index (χ1n) is 7.93. The number of anilines is 3. The highest BCUT2D eigenvalue weighted by Gasteiger charge is 2.32. The molecule has 6 nitrogen and oxygen atoms in total. The normalized spacial score (nSPS) is 19.2. The van der Waals surface area contributed by atoms with E-state index in [1.165, 1.54) is 0 Å². The average Bonchev–Trinajstić information content (AvgIpc) is 2.93. The fraction of sp³-hybridized carbons (Fsp3) is 0.412. The molecule has 1 aromatic heterocycles. The van der Waals surface area contributed by atoms with E-state index in [-0.39, 0.29) is 17.5 Å². The van der Waals surface area contributed by atoms with E-state index in [1.54, 1.807) is 0 Å². The number of rotatable bonds is 4. The summed E-state index contributed by atoms with van der Waals surface area (Å²) in [6.45, 7) is 1.92. The fourth-order valence-corrected chi connectivity index (χ4v) is 4.67. The topological polar surface area (TPSA) is 66.4 Å². The molecule has 1 aromatic carbocycles. The van der Waals surface area contributed by atoms with Crippen molar-refractivity contribution in [3.05, 3.63) is 42.1 Å². The molecule has 0 saturated carbocycles. The second kappa shape index (κ2) is 6.39. The van der Waals surface area contributed by atoms with Crippen molar-refractivity contribution in [1.82, 2.24) is 9.97 Å². The van der Waals surface area contributed by atoms with Gasteiger partial charge < -0.3 is 9.80 Å². The summed E-state index contributed by atoms with van der Waals surface area (Å²) >= 11 is 0. The number of benzene rings is 1. The van der Waals surface area contributed by atoms with Crippen molar-refractivity contribution in [3.63, 3.8) is 0 Å². The molecule has 7 heteroatoms. The van der Waals surface area contributed by atoms with Gasteiger partial charge in [-0.15, -0.1) is 0 Å². The molecule has 0 bridgehead atoms. The monoisotopic (exact) mass is 346 g/mol. The Morgan fingerprint density at radius 3 is 2.46 bits per heavy atom. The van der Waals surface area contributed by atoms with E-state index < -0.39 is 9.84 Å². The minimum atomic E-state index is -2.94. The van der Waals surface area contributed by atoms with Gasteiger partial charge in [0.25, 0.3) is 0 Å². The van der Waals surface area contributed by atoms with Crippen LogP contribution in [-0.4, -0.2) is 50.0 Å². The van der Waals surface area contributed by atoms with Crippen LogP contribution in [0.25, 0.3) is 0 Å². The quantitative estimate of drug-likeness (QED) is 0.845. The van der Waals surface area contributed by atoms with Crippen molar-refractivity contribution in [2.24, 2.45) is 0 Å². The Balaban J connectivity index is 1.89. The Kier molecular flexibility index (Phi) is 4.45. The number of hydrogen-bond acceptors (Lipinski definition) is 6. The third-order valence-electron chi connectivity index (χ3n) is 4.39. The van der Waals surface area contributed by atoms with E-state index in [9.17, 15) is 8.42 Å². The molecule has 128 valence electrons. The van der Waals surface area contributed by atoms with E-state index in [1.807, 2.05) is 67.2 Å². The molecule has 0 amide bonds. The summed E-state index contributed by atoms with van der Waals surface area (Å²) in [7, 11) is 0.891. The lowest BCUT2D eigenvalue weighted by Crippen LogP contribution is -2.34. The fourth-order valence-electron chi connectivity index (χ4n) is 2.89. The Morgan fingerprint density at radius 2 is 1.83 bits per heavy atom. The maximum atomic E-state index is 11.7. The van der Waals surface area contributed by atoms with Crippen LogP contribution in [0.3, 0.4) is 0 Å². The molecule has 1 aliphatic rings. The lowest BCUT2D eigenvalue weighted by atomic mass is 10.2. The molecule has 1 saturated heterocycles. The smallest absolute Gasteiger partial charge is 0.227 e. The third-order valence-corrected chi connectivity index (χ3v) is 6.14. The highest BCUT2D eigenvalue weighted by Crippen LogP contribution is 2.26. The van der Waals surface area contributed by atoms with Crippen molar-refractivity contribution in [3.8, 4) is 0 Å². The minimum Gasteiger partial charge on any atom is -0.340 e. The molecular formula is C17H22N4O2S. The molecule has 24 heavy (non-hydrogen) atoms. The van der Waals surface area contributed by atoms with Crippen LogP contribution in [-0.2, 0) is 9.84 Å². The molecule has 1 atom stereocenters. The third kappa shape index (κ3) is 3.51. The summed E-state index contributed by atoms with van der Waals surface area (Å²) in [4.78, 5) is 13.0. The summed E-state index contributed by atoms with van der Waals surface area (Å²) in [5, 5.41) is 0. The summed E-state index contributed by atoms with van der Waals surface area (Å²) in [6, 6.07) is 11.8. The molecule has 1 unspecified atom stereocenters. The van der Waals surface area contributed by atoms with Gasteiger partial charge in [0.15, 0.2) is 9.84 Å². The first-order chi connectivity index (χ1) is 11.4. The SMILES string of the molecule is Cc1cc(N(C)c2ccccc2)nc(N(C)C2CCS(=O)(=O)C2)n1. The van der Waals surface area contributed by atoms with Gasteiger partial charge in [-0.3, -0.25) is 0 Å². The second-order valence-corrected chi connectivity index (χ2v) is 8.46. The van der Waals surface area contributed by atoms with E-state index in [0.717, 1.165) is 17.2 Å². The van der Waals surface area contributed by atoms with Crippen molar-refractivity contribution in [2.45, 2.75) is 19.4 Å². The van der Waals surface area contributed by atoms with Gasteiger partial charge in [-0.2, -0.15) is 4.98 Å². The number of para-hydroxylation sites is 1. The van der Waals surface area contributed by atoms with Gasteiger partial charge in [0, 0.05) is 37.6 Å². The first kappa shape index (κ1) is 16.7. The van der Waals surface area contributed by atoms with Crippen LogP contribution >= 0.6 is 0 Å². The zero-order valence-corrected chi connectivity index (χ0v) is 15.0. The van der Waals surface area contributed by atoms with Crippen LogP contribution in [0.15, 0.2) is 36.4 Å². The maximum absolute atomic E-state index is 11.7. The van der Waals surface area contributed by atoms with Gasteiger partial charge in [-0.05, 0) is 25.5 Å². The van der Waals surface area contributed by atoms with Crippen LogP contribution in [0.4, 0.5) is 17.5 Å². The zero-order chi connectivity index (χ0) is 17.3. The van der Waals surface area contributed by atoms with Gasteiger partial charge in [-0.1, -0.05) is 18.2 Å². The van der Waals surface area contributed by atoms with Crippen LogP contribution < -0.4 is 9.80 Å². The van der Waals surface area contributed by atoms with Gasteiger partial charge >= 0.3 is 0 Å². The van der Waals surface area contributed by atoms with Crippen LogP contribution in [0.2, 0.25) is 0 Å². The van der Waals surface area contributed by atoms with Crippen molar-refractivity contribution in [2.75, 3.05) is 35.4 Å². The molecule has 1 aliphatic heterocycles. The molecule has 2 heterocycles. The van der Waals surface area contributed by atoms with Gasteiger partial charge in [-0.25, -0.2) is 13.4 Å². The van der Waals surface area contributed by atoms with Crippen LogP contribution in [0.1, 0.15) is 12.1 Å². The predicted molar refractivity (Wildman–Crippen MR) is 96.7 cm³/mol. The van der Waals surface area contributed by atoms with E-state index >= 15 is 0 Å². The highest BCUT2D eigenvalue weighted by atomic mass is 32.2. The number of aromatic nitrogens is 2. The number of aryl methyl sites for hydroxylation is 1. The van der Waals surface area contributed by atoms with Gasteiger partial charge in [0.2, 0.25) is 5.95 Å². The number of hydrogen-bond donors (Lipinski definition) is 0. The molecule has 0 spiro atoms. The standard InChI is InChI=1S/C17H22N4O2S/c1-13-11-16(20(2)14-7-5-4-6-8-14)19-17(18-13)21(3)15-9-10-24(22,23)12-15/h4-8,11,15H,9-10,12H2,1-3H3. The van der Waals surface area contributed by atoms with Crippen LogP contribution in [0, 0.1) is 6.92 Å². The summed E-state index contributed by atoms with van der Waals surface area (Å²) < 4.78 is 23.5. The molecule has 2 aromatic rings. The summed E-state index contributed by atoms with van der Waals surface area (Å²) in [6.07, 6.45) is 0.625. The highest BCUT2D eigenvalue weighted by molar-refractivity contribution is 7.91. The summed E-state index contributed by atoms with van der Waals surface area (Å²) in [5.74, 6) is 1.77. The van der Waals surface area contributed by atoms with Crippen molar-refractivity contribution in [1.29, 1.82) is 0 Å². The zero-order valence-electron chi connectivity index (χ0n) is 14.2. The molecule has 1 fully saturated rings. The predicted octanol–water partition coefficient (Wildman–Crippen LogP) is 2.18. The Bertz CT molecular complexity index is 824. The average molecular weight is 346 g/mol. The van der Waals surface area contributed by atoms with Crippen molar-refractivity contribution >= 4 is 27.3 Å². The van der Waals surface area contributed by atoms with E-state index in [4.69, 9.17) is 0 Å². The van der Waals surface area contributed by atoms with Gasteiger partial charge in [0.05, 0.1) is 11.5 Å². The van der Waals surface area contributed by atoms with E-state index in [0.29, 0.717) is 12.4 Å². The molecule has 0 radical (unpaired) electrons. The van der Waals surface area contributed by atoms with Crippen LogP contribution in [0.5, 0.6) is 0 Å². The molecule has 0 aliphatic carbocycles. The van der Waals surface area contributed by atoms with E-state index in [2.05, 4.69) is 9.97 Å². The second-order valence-electron chi connectivity index (χ2n) is 6.23. The largest absolute Gasteiger partial charge is 0.340 e. The molecule has 3 rings (SSSR count). The number of sulfone groups is 1. The molecule has 0 N–H and O–H groups in total. The minimum absolute atomic E-state index is 0.0633. The molecular weight excluding hydrogens is 324 g/mol. The number of nitrogens with zero attached hydrogens (tertiary/aromatic N) is 4. The Hall–Kier alpha value is -2.15. The lowest BCUT2D eigenvalue weighted by molar-refractivity contribution is 0.600.